The van der Waals surface area contributed by atoms with Crippen molar-refractivity contribution in [3.63, 3.8) is 0 Å². The molecular formula is C37H66O2. The minimum Gasteiger partial charge on any atom is -0.460 e. The monoisotopic (exact) mass is 543 g/mol. The van der Waals surface area contributed by atoms with Crippen molar-refractivity contribution in [2.75, 3.05) is 0 Å². The molecule has 0 saturated heterocycles. The van der Waals surface area contributed by atoms with E-state index >= 15 is 0 Å². The molecule has 0 spiro atoms. The van der Waals surface area contributed by atoms with Crippen LogP contribution in [0.15, 0.2) is 24.3 Å². The number of esters is 1. The summed E-state index contributed by atoms with van der Waals surface area (Å²) in [6.07, 6.45) is 5.33. The fourth-order valence-corrected chi connectivity index (χ4v) is 5.67. The van der Waals surface area contributed by atoms with Crippen molar-refractivity contribution in [2.24, 2.45) is 27.1 Å². The summed E-state index contributed by atoms with van der Waals surface area (Å²) in [7, 11) is 0. The lowest BCUT2D eigenvalue weighted by Gasteiger charge is -2.46. The van der Waals surface area contributed by atoms with E-state index in [-0.39, 0.29) is 33.0 Å². The molecule has 0 aromatic heterocycles. The molecule has 2 heteroatoms. The lowest BCUT2D eigenvalue weighted by atomic mass is 9.58. The molecule has 0 aliphatic carbocycles. The maximum Gasteiger partial charge on any atom is 0.312 e. The summed E-state index contributed by atoms with van der Waals surface area (Å²) in [5, 5.41) is 0. The quantitative estimate of drug-likeness (QED) is 0.260. The predicted octanol–water partition coefficient (Wildman–Crippen LogP) is 11.5. The Balaban J connectivity index is 3.31. The molecule has 0 bridgehead atoms. The maximum absolute atomic E-state index is 13.6. The van der Waals surface area contributed by atoms with Crippen LogP contribution in [0.4, 0.5) is 0 Å². The maximum atomic E-state index is 13.6. The SMILES string of the molecule is CCC(C)(C)CC(c1ccc(C(C)(C)C)cc1)C(C)(C)CCC(C)(C)CC(C)(C(=O)OC(C)(C)C)C(C)(C)C. The van der Waals surface area contributed by atoms with E-state index in [1.54, 1.807) is 0 Å². The molecule has 2 atom stereocenters. The zero-order valence-electron chi connectivity index (χ0n) is 29.2. The van der Waals surface area contributed by atoms with Gasteiger partial charge in [0, 0.05) is 0 Å². The Morgan fingerprint density at radius 3 is 1.59 bits per heavy atom. The topological polar surface area (TPSA) is 26.3 Å². The fourth-order valence-electron chi connectivity index (χ4n) is 5.67. The van der Waals surface area contributed by atoms with Crippen LogP contribution in [-0.2, 0) is 14.9 Å². The standard InChI is InChI=1S/C37H66O2/c1-18-34(11,12)25-29(27-19-21-28(22-20-27)31(2,3)4)36(15,16)24-23-35(13,14)26-37(17,32(5,6)7)30(38)39-33(8,9)10/h19-22,29H,18,23-26H2,1-17H3. The van der Waals surface area contributed by atoms with Crippen LogP contribution in [0, 0.1) is 27.1 Å². The van der Waals surface area contributed by atoms with Gasteiger partial charge in [-0.05, 0) is 97.5 Å². The van der Waals surface area contributed by atoms with E-state index in [1.807, 2.05) is 20.8 Å². The van der Waals surface area contributed by atoms with E-state index in [2.05, 4.69) is 121 Å². The number of carbonyl (C=O) groups excluding carboxylic acids is 1. The summed E-state index contributed by atoms with van der Waals surface area (Å²) >= 11 is 0. The molecule has 226 valence electrons. The van der Waals surface area contributed by atoms with Gasteiger partial charge in [-0.15, -0.1) is 0 Å². The average Bonchev–Trinajstić information content (AvgIpc) is 2.73. The van der Waals surface area contributed by atoms with Gasteiger partial charge < -0.3 is 4.74 Å². The fraction of sp³-hybridized carbons (Fsp3) is 0.811. The Morgan fingerprint density at radius 1 is 0.718 bits per heavy atom. The van der Waals surface area contributed by atoms with Gasteiger partial charge in [-0.25, -0.2) is 0 Å². The minimum atomic E-state index is -0.569. The molecule has 0 fully saturated rings. The summed E-state index contributed by atoms with van der Waals surface area (Å²) in [5.41, 5.74) is 2.14. The van der Waals surface area contributed by atoms with E-state index < -0.39 is 11.0 Å². The number of rotatable bonds is 11. The molecular weight excluding hydrogens is 476 g/mol. The van der Waals surface area contributed by atoms with Crippen LogP contribution in [0.5, 0.6) is 0 Å². The van der Waals surface area contributed by atoms with Crippen molar-refractivity contribution in [3.8, 4) is 0 Å². The first kappa shape index (κ1) is 35.7. The Kier molecular flexibility index (Phi) is 10.9. The number of benzene rings is 1. The third kappa shape index (κ3) is 10.2. The van der Waals surface area contributed by atoms with Crippen LogP contribution in [0.2, 0.25) is 0 Å². The van der Waals surface area contributed by atoms with Gasteiger partial charge in [0.15, 0.2) is 0 Å². The summed E-state index contributed by atoms with van der Waals surface area (Å²) in [6, 6.07) is 9.47. The molecule has 0 saturated carbocycles. The van der Waals surface area contributed by atoms with Crippen LogP contribution >= 0.6 is 0 Å². The van der Waals surface area contributed by atoms with Gasteiger partial charge in [0.2, 0.25) is 0 Å². The molecule has 0 N–H and O–H groups in total. The normalized spacial score (nSPS) is 16.5. The molecule has 0 aliphatic heterocycles. The third-order valence-electron chi connectivity index (χ3n) is 9.62. The van der Waals surface area contributed by atoms with Crippen LogP contribution in [-0.4, -0.2) is 11.6 Å². The predicted molar refractivity (Wildman–Crippen MR) is 171 cm³/mol. The largest absolute Gasteiger partial charge is 0.460 e. The number of ether oxygens (including phenoxy) is 1. The molecule has 2 nitrogen and oxygen atoms in total. The first-order valence-corrected chi connectivity index (χ1v) is 15.5. The van der Waals surface area contributed by atoms with Crippen LogP contribution in [0.25, 0.3) is 0 Å². The number of hydrogen-bond donors (Lipinski definition) is 0. The van der Waals surface area contributed by atoms with Gasteiger partial charge in [-0.3, -0.25) is 4.79 Å². The second-order valence-corrected chi connectivity index (χ2v) is 18.1. The molecule has 0 aliphatic rings. The minimum absolute atomic E-state index is 0.00286. The highest BCUT2D eigenvalue weighted by Crippen LogP contribution is 2.52. The second-order valence-electron chi connectivity index (χ2n) is 18.1. The Morgan fingerprint density at radius 2 is 1.21 bits per heavy atom. The van der Waals surface area contributed by atoms with Crippen LogP contribution < -0.4 is 0 Å². The van der Waals surface area contributed by atoms with E-state index in [0.29, 0.717) is 5.92 Å². The van der Waals surface area contributed by atoms with E-state index in [9.17, 15) is 4.79 Å². The van der Waals surface area contributed by atoms with Gasteiger partial charge in [0.05, 0.1) is 5.41 Å². The first-order valence-electron chi connectivity index (χ1n) is 15.5. The molecule has 39 heavy (non-hydrogen) atoms. The Labute approximate surface area is 244 Å². The molecule has 1 aromatic carbocycles. The lowest BCUT2D eigenvalue weighted by molar-refractivity contribution is -0.176. The van der Waals surface area contributed by atoms with Gasteiger partial charge in [-0.2, -0.15) is 0 Å². The lowest BCUT2D eigenvalue weighted by Crippen LogP contribution is -2.47. The summed E-state index contributed by atoms with van der Waals surface area (Å²) < 4.78 is 5.98. The smallest absolute Gasteiger partial charge is 0.312 e. The summed E-state index contributed by atoms with van der Waals surface area (Å²) in [5.74, 6) is 0.397. The van der Waals surface area contributed by atoms with Gasteiger partial charge in [0.25, 0.3) is 0 Å². The average molecular weight is 543 g/mol. The van der Waals surface area contributed by atoms with E-state index in [0.717, 1.165) is 19.3 Å². The Bertz CT molecular complexity index is 926. The highest BCUT2D eigenvalue weighted by molar-refractivity contribution is 5.77. The molecule has 0 heterocycles. The van der Waals surface area contributed by atoms with E-state index in [1.165, 1.54) is 24.0 Å². The van der Waals surface area contributed by atoms with Crippen LogP contribution in [0.1, 0.15) is 167 Å². The van der Waals surface area contributed by atoms with Gasteiger partial charge in [0.1, 0.15) is 5.60 Å². The van der Waals surface area contributed by atoms with Gasteiger partial charge in [-0.1, -0.05) is 121 Å². The second kappa shape index (κ2) is 11.9. The first-order chi connectivity index (χ1) is 17.2. The van der Waals surface area contributed by atoms with Crippen molar-refractivity contribution in [2.45, 2.75) is 167 Å². The van der Waals surface area contributed by atoms with Crippen molar-refractivity contribution >= 4 is 5.97 Å². The highest BCUT2D eigenvalue weighted by Gasteiger charge is 2.50. The zero-order chi connectivity index (χ0) is 30.9. The highest BCUT2D eigenvalue weighted by atomic mass is 16.6. The molecule has 0 radical (unpaired) electrons. The zero-order valence-corrected chi connectivity index (χ0v) is 29.2. The van der Waals surface area contributed by atoms with Crippen molar-refractivity contribution in [1.82, 2.24) is 0 Å². The van der Waals surface area contributed by atoms with Crippen molar-refractivity contribution in [3.05, 3.63) is 35.4 Å². The van der Waals surface area contributed by atoms with Crippen molar-refractivity contribution < 1.29 is 9.53 Å². The molecule has 0 amide bonds. The summed E-state index contributed by atoms with van der Waals surface area (Å²) in [6.45, 7) is 38.2. The Hall–Kier alpha value is -1.31. The van der Waals surface area contributed by atoms with Gasteiger partial charge >= 0.3 is 5.97 Å². The molecule has 1 rings (SSSR count). The third-order valence-corrected chi connectivity index (χ3v) is 9.62. The summed E-state index contributed by atoms with van der Waals surface area (Å²) in [4.78, 5) is 13.6. The number of hydrogen-bond acceptors (Lipinski definition) is 2. The van der Waals surface area contributed by atoms with Crippen LogP contribution in [0.3, 0.4) is 0 Å². The number of carbonyl (C=O) groups is 1. The van der Waals surface area contributed by atoms with E-state index in [4.69, 9.17) is 4.74 Å². The molecule has 1 aromatic rings. The van der Waals surface area contributed by atoms with Crippen molar-refractivity contribution in [1.29, 1.82) is 0 Å². The molecule has 2 unspecified atom stereocenters.